The Morgan fingerprint density at radius 3 is 2.57 bits per heavy atom. The van der Waals surface area contributed by atoms with E-state index in [4.69, 9.17) is 0 Å². The van der Waals surface area contributed by atoms with Gasteiger partial charge in [0, 0.05) is 43.4 Å². The van der Waals surface area contributed by atoms with Gasteiger partial charge in [-0.1, -0.05) is 37.3 Å². The molecule has 0 aliphatic carbocycles. The van der Waals surface area contributed by atoms with Crippen LogP contribution in [0.25, 0.3) is 10.8 Å². The van der Waals surface area contributed by atoms with E-state index in [1.807, 2.05) is 30.3 Å². The quantitative estimate of drug-likeness (QED) is 0.681. The number of hydrogen-bond acceptors (Lipinski definition) is 5. The third-order valence-electron chi connectivity index (χ3n) is 5.40. The van der Waals surface area contributed by atoms with Gasteiger partial charge in [-0.05, 0) is 36.2 Å². The topological polar surface area (TPSA) is 82.6 Å². The van der Waals surface area contributed by atoms with Gasteiger partial charge in [-0.25, -0.2) is 8.42 Å². The molecule has 7 nitrogen and oxygen atoms in total. The van der Waals surface area contributed by atoms with Gasteiger partial charge < -0.3 is 10.2 Å². The summed E-state index contributed by atoms with van der Waals surface area (Å²) in [7, 11) is -3.61. The van der Waals surface area contributed by atoms with Gasteiger partial charge in [0.05, 0.1) is 4.90 Å². The molecule has 2 aromatic carbocycles. The number of aromatic nitrogens is 1. The van der Waals surface area contributed by atoms with Crippen LogP contribution in [0.3, 0.4) is 0 Å². The monoisotopic (exact) mass is 424 g/mol. The van der Waals surface area contributed by atoms with E-state index in [0.717, 1.165) is 30.4 Å². The van der Waals surface area contributed by atoms with Crippen molar-refractivity contribution >= 4 is 32.4 Å². The van der Waals surface area contributed by atoms with E-state index < -0.39 is 10.0 Å². The molecule has 1 aliphatic heterocycles. The molecular formula is C22H24N4O3S. The van der Waals surface area contributed by atoms with Crippen molar-refractivity contribution in [3.05, 3.63) is 66.5 Å². The zero-order chi connectivity index (χ0) is 21.1. The molecule has 2 heterocycles. The summed E-state index contributed by atoms with van der Waals surface area (Å²) in [6, 6.07) is 15.7. The van der Waals surface area contributed by atoms with Gasteiger partial charge in [0.2, 0.25) is 10.0 Å². The molecule has 156 valence electrons. The molecule has 0 radical (unpaired) electrons. The van der Waals surface area contributed by atoms with Gasteiger partial charge in [-0.2, -0.15) is 4.31 Å². The van der Waals surface area contributed by atoms with Crippen LogP contribution in [0.1, 0.15) is 17.4 Å². The van der Waals surface area contributed by atoms with Crippen LogP contribution in [0.4, 0.5) is 5.69 Å². The van der Waals surface area contributed by atoms with Gasteiger partial charge in [0.15, 0.2) is 0 Å². The number of benzene rings is 2. The van der Waals surface area contributed by atoms with Crippen molar-refractivity contribution in [2.45, 2.75) is 11.8 Å². The lowest BCUT2D eigenvalue weighted by Crippen LogP contribution is -2.48. The van der Waals surface area contributed by atoms with E-state index in [0.29, 0.717) is 24.5 Å². The maximum Gasteiger partial charge on any atom is 0.274 e. The fourth-order valence-corrected chi connectivity index (χ4v) is 5.13. The molecule has 0 spiro atoms. The van der Waals surface area contributed by atoms with Crippen LogP contribution in [0.2, 0.25) is 0 Å². The molecule has 1 aromatic heterocycles. The second-order valence-corrected chi connectivity index (χ2v) is 9.14. The highest BCUT2D eigenvalue weighted by Gasteiger charge is 2.28. The molecule has 1 N–H and O–H groups in total. The van der Waals surface area contributed by atoms with Crippen molar-refractivity contribution in [3.8, 4) is 0 Å². The highest BCUT2D eigenvalue weighted by atomic mass is 32.2. The molecule has 0 bridgehead atoms. The molecule has 0 saturated carbocycles. The van der Waals surface area contributed by atoms with Gasteiger partial charge in [0.1, 0.15) is 5.69 Å². The van der Waals surface area contributed by atoms with Crippen molar-refractivity contribution in [2.24, 2.45) is 0 Å². The fraction of sp³-hybridized carbons (Fsp3) is 0.273. The van der Waals surface area contributed by atoms with Crippen LogP contribution in [0, 0.1) is 0 Å². The predicted molar refractivity (Wildman–Crippen MR) is 117 cm³/mol. The molecule has 0 unspecified atom stereocenters. The van der Waals surface area contributed by atoms with Crippen molar-refractivity contribution < 1.29 is 13.2 Å². The molecule has 1 aliphatic rings. The van der Waals surface area contributed by atoms with Crippen LogP contribution in [-0.4, -0.2) is 61.2 Å². The number of carbonyl (C=O) groups is 1. The number of anilines is 1. The molecule has 3 aromatic rings. The Balaban J connectivity index is 1.55. The fourth-order valence-electron chi connectivity index (χ4n) is 3.66. The Morgan fingerprint density at radius 2 is 1.80 bits per heavy atom. The van der Waals surface area contributed by atoms with Gasteiger partial charge in [0.25, 0.3) is 5.91 Å². The third kappa shape index (κ3) is 4.07. The summed E-state index contributed by atoms with van der Waals surface area (Å²) in [5.41, 5.74) is 0.722. The Labute approximate surface area is 176 Å². The SMILES string of the molecule is CCN1CCN(S(=O)(=O)c2cccc(NC(=O)c3nccc4ccccc34)c2)CC1. The van der Waals surface area contributed by atoms with Crippen LogP contribution >= 0.6 is 0 Å². The maximum absolute atomic E-state index is 13.0. The third-order valence-corrected chi connectivity index (χ3v) is 7.29. The first kappa shape index (κ1) is 20.5. The van der Waals surface area contributed by atoms with Crippen LogP contribution in [0.15, 0.2) is 65.7 Å². The number of hydrogen-bond donors (Lipinski definition) is 1. The number of nitrogens with zero attached hydrogens (tertiary/aromatic N) is 3. The van der Waals surface area contributed by atoms with E-state index >= 15 is 0 Å². The number of nitrogens with one attached hydrogen (secondary N) is 1. The van der Waals surface area contributed by atoms with E-state index in [1.54, 1.807) is 24.4 Å². The molecular weight excluding hydrogens is 400 g/mol. The summed E-state index contributed by atoms with van der Waals surface area (Å²) in [4.78, 5) is 19.4. The highest BCUT2D eigenvalue weighted by Crippen LogP contribution is 2.22. The number of carbonyl (C=O) groups excluding carboxylic acids is 1. The van der Waals surface area contributed by atoms with Crippen molar-refractivity contribution in [1.29, 1.82) is 0 Å². The minimum absolute atomic E-state index is 0.177. The lowest BCUT2D eigenvalue weighted by atomic mass is 10.1. The van der Waals surface area contributed by atoms with Gasteiger partial charge >= 0.3 is 0 Å². The number of likely N-dealkylation sites (N-methyl/N-ethyl adjacent to an activating group) is 1. The molecule has 1 saturated heterocycles. The molecule has 1 fully saturated rings. The van der Waals surface area contributed by atoms with Crippen LogP contribution in [-0.2, 0) is 10.0 Å². The smallest absolute Gasteiger partial charge is 0.274 e. The Hall–Kier alpha value is -2.81. The number of fused-ring (bicyclic) bond motifs is 1. The zero-order valence-corrected chi connectivity index (χ0v) is 17.6. The van der Waals surface area contributed by atoms with E-state index in [2.05, 4.69) is 22.1 Å². The summed E-state index contributed by atoms with van der Waals surface area (Å²) < 4.78 is 27.6. The largest absolute Gasteiger partial charge is 0.321 e. The summed E-state index contributed by atoms with van der Waals surface area (Å²) in [5.74, 6) is -0.377. The Kier molecular flexibility index (Phi) is 5.80. The molecule has 4 rings (SSSR count). The highest BCUT2D eigenvalue weighted by molar-refractivity contribution is 7.89. The van der Waals surface area contributed by atoms with Crippen LogP contribution in [0.5, 0.6) is 0 Å². The van der Waals surface area contributed by atoms with Crippen LogP contribution < -0.4 is 5.32 Å². The normalized spacial score (nSPS) is 15.9. The number of pyridine rings is 1. The average molecular weight is 425 g/mol. The van der Waals surface area contributed by atoms with E-state index in [1.165, 1.54) is 10.4 Å². The second kappa shape index (κ2) is 8.51. The number of sulfonamides is 1. The number of piperazine rings is 1. The minimum atomic E-state index is -3.61. The maximum atomic E-state index is 13.0. The predicted octanol–water partition coefficient (Wildman–Crippen LogP) is 2.81. The lowest BCUT2D eigenvalue weighted by Gasteiger charge is -2.33. The summed E-state index contributed by atoms with van der Waals surface area (Å²) in [6.07, 6.45) is 1.59. The first-order valence-electron chi connectivity index (χ1n) is 9.96. The zero-order valence-electron chi connectivity index (χ0n) is 16.8. The summed E-state index contributed by atoms with van der Waals surface area (Å²) >= 11 is 0. The molecule has 1 amide bonds. The van der Waals surface area contributed by atoms with E-state index in [-0.39, 0.29) is 10.8 Å². The minimum Gasteiger partial charge on any atom is -0.321 e. The lowest BCUT2D eigenvalue weighted by molar-refractivity contribution is 0.102. The first-order chi connectivity index (χ1) is 14.5. The second-order valence-electron chi connectivity index (χ2n) is 7.20. The Bertz CT molecular complexity index is 1170. The number of rotatable bonds is 5. The van der Waals surface area contributed by atoms with Gasteiger partial charge in [-0.15, -0.1) is 0 Å². The molecule has 8 heteroatoms. The van der Waals surface area contributed by atoms with Gasteiger partial charge in [-0.3, -0.25) is 9.78 Å². The number of amides is 1. The van der Waals surface area contributed by atoms with E-state index in [9.17, 15) is 13.2 Å². The van der Waals surface area contributed by atoms with Crippen molar-refractivity contribution in [1.82, 2.24) is 14.2 Å². The average Bonchev–Trinajstić information content (AvgIpc) is 2.79. The van der Waals surface area contributed by atoms with Crippen molar-refractivity contribution in [2.75, 3.05) is 38.0 Å². The Morgan fingerprint density at radius 1 is 1.03 bits per heavy atom. The molecule has 30 heavy (non-hydrogen) atoms. The standard InChI is InChI=1S/C22H24N4O3S/c1-2-25-12-14-26(15-13-25)30(28,29)19-8-5-7-18(16-19)24-22(27)21-20-9-4-3-6-17(20)10-11-23-21/h3-11,16H,2,12-15H2,1H3,(H,24,27). The van der Waals surface area contributed by atoms with Crippen molar-refractivity contribution in [3.63, 3.8) is 0 Å². The first-order valence-corrected chi connectivity index (χ1v) is 11.4. The molecule has 0 atom stereocenters. The summed E-state index contributed by atoms with van der Waals surface area (Å²) in [5, 5.41) is 4.45. The summed E-state index contributed by atoms with van der Waals surface area (Å²) in [6.45, 7) is 5.36.